The maximum absolute atomic E-state index is 6.17. The van der Waals surface area contributed by atoms with Gasteiger partial charge < -0.3 is 11.5 Å². The first-order chi connectivity index (χ1) is 13.2. The zero-order chi connectivity index (χ0) is 20.6. The normalized spacial score (nSPS) is 13.9. The minimum Gasteiger partial charge on any atom is -0.385 e. The fourth-order valence-electron chi connectivity index (χ4n) is 2.26. The lowest BCUT2D eigenvalue weighted by Gasteiger charge is -2.22. The number of azo groups is 1. The molecule has 6 nitrogen and oxygen atoms in total. The Labute approximate surface area is 167 Å². The Morgan fingerprint density at radius 1 is 0.643 bits per heavy atom. The Morgan fingerprint density at radius 2 is 0.964 bits per heavy atom. The van der Waals surface area contributed by atoms with Gasteiger partial charge in [0, 0.05) is 0 Å². The molecule has 0 amide bonds. The Bertz CT molecular complexity index is 764. The first-order valence-corrected chi connectivity index (χ1v) is 9.33. The van der Waals surface area contributed by atoms with Crippen LogP contribution in [-0.4, -0.2) is 22.7 Å². The molecular formula is C22H30N6. The quantitative estimate of drug-likeness (QED) is 0.410. The van der Waals surface area contributed by atoms with Crippen molar-refractivity contribution in [3.8, 4) is 0 Å². The van der Waals surface area contributed by atoms with Crippen LogP contribution >= 0.6 is 0 Å². The van der Waals surface area contributed by atoms with Crippen LogP contribution in [0.15, 0.2) is 80.9 Å². The van der Waals surface area contributed by atoms with E-state index in [1.54, 1.807) is 0 Å². The summed E-state index contributed by atoms with van der Waals surface area (Å²) < 4.78 is 0. The van der Waals surface area contributed by atoms with Crippen molar-refractivity contribution in [3.63, 3.8) is 0 Å². The lowest BCUT2D eigenvalue weighted by atomic mass is 10.0. The van der Waals surface area contributed by atoms with Crippen LogP contribution in [0.4, 0.5) is 0 Å². The topological polar surface area (TPSA) is 101 Å². The second kappa shape index (κ2) is 9.26. The summed E-state index contributed by atoms with van der Waals surface area (Å²) in [5.41, 5.74) is 13.1. The lowest BCUT2D eigenvalue weighted by Crippen LogP contribution is -2.40. The molecule has 0 saturated heterocycles. The molecule has 0 unspecified atom stereocenters. The Kier molecular flexibility index (Phi) is 7.04. The van der Waals surface area contributed by atoms with E-state index >= 15 is 0 Å². The predicted molar refractivity (Wildman–Crippen MR) is 117 cm³/mol. The fraction of sp³-hybridized carbons (Fsp3) is 0.364. The van der Waals surface area contributed by atoms with Gasteiger partial charge in [0.05, 0.1) is 13.1 Å². The molecule has 0 spiro atoms. The zero-order valence-corrected chi connectivity index (χ0v) is 17.1. The van der Waals surface area contributed by atoms with E-state index in [1.165, 1.54) is 0 Å². The number of rotatable bonds is 8. The smallest absolute Gasteiger partial charge is 0.132 e. The van der Waals surface area contributed by atoms with E-state index in [2.05, 4.69) is 20.2 Å². The van der Waals surface area contributed by atoms with Crippen LogP contribution in [0.3, 0.4) is 0 Å². The molecule has 0 atom stereocenters. The van der Waals surface area contributed by atoms with Gasteiger partial charge >= 0.3 is 0 Å². The third kappa shape index (κ3) is 6.30. The molecule has 0 saturated carbocycles. The molecule has 2 rings (SSSR count). The van der Waals surface area contributed by atoms with Gasteiger partial charge in [-0.3, -0.25) is 9.98 Å². The van der Waals surface area contributed by atoms with Gasteiger partial charge in [-0.05, 0) is 38.8 Å². The molecule has 4 N–H and O–H groups in total. The lowest BCUT2D eigenvalue weighted by molar-refractivity contribution is 0.557. The predicted octanol–water partition coefficient (Wildman–Crippen LogP) is 4.11. The van der Waals surface area contributed by atoms with Gasteiger partial charge in [-0.25, -0.2) is 0 Å². The maximum atomic E-state index is 6.17. The average Bonchev–Trinajstić information content (AvgIpc) is 2.70. The minimum atomic E-state index is -0.730. The summed E-state index contributed by atoms with van der Waals surface area (Å²) in [6, 6.07) is 19.9. The summed E-state index contributed by atoms with van der Waals surface area (Å²) in [7, 11) is 0. The van der Waals surface area contributed by atoms with Crippen molar-refractivity contribution < 1.29 is 0 Å². The minimum absolute atomic E-state index is 0.427. The van der Waals surface area contributed by atoms with Gasteiger partial charge in [0.15, 0.2) is 0 Å². The van der Waals surface area contributed by atoms with Crippen molar-refractivity contribution in [1.82, 2.24) is 0 Å². The molecule has 6 heteroatoms. The van der Waals surface area contributed by atoms with Crippen molar-refractivity contribution in [3.05, 3.63) is 71.8 Å². The molecule has 2 aromatic rings. The number of hydrogen-bond donors (Lipinski definition) is 2. The monoisotopic (exact) mass is 378 g/mol. The van der Waals surface area contributed by atoms with E-state index in [-0.39, 0.29) is 0 Å². The highest BCUT2D eigenvalue weighted by Crippen LogP contribution is 2.17. The van der Waals surface area contributed by atoms with E-state index < -0.39 is 11.1 Å². The summed E-state index contributed by atoms with van der Waals surface area (Å²) in [6.45, 7) is 8.55. The summed E-state index contributed by atoms with van der Waals surface area (Å²) in [4.78, 5) is 8.93. The molecule has 0 bridgehead atoms. The van der Waals surface area contributed by atoms with Crippen molar-refractivity contribution in [1.29, 1.82) is 0 Å². The molecule has 0 fully saturated rings. The summed E-state index contributed by atoms with van der Waals surface area (Å²) in [6.07, 6.45) is 0. The maximum Gasteiger partial charge on any atom is 0.132 e. The van der Waals surface area contributed by atoms with Crippen molar-refractivity contribution in [2.24, 2.45) is 31.7 Å². The van der Waals surface area contributed by atoms with Crippen LogP contribution in [-0.2, 0) is 13.1 Å². The van der Waals surface area contributed by atoms with Gasteiger partial charge in [0.1, 0.15) is 22.7 Å². The molecule has 0 heterocycles. The number of amidine groups is 2. The van der Waals surface area contributed by atoms with E-state index in [4.69, 9.17) is 11.5 Å². The molecule has 28 heavy (non-hydrogen) atoms. The third-order valence-electron chi connectivity index (χ3n) is 4.35. The SMILES string of the molecule is CC(C)(N=NC(C)(C)C(N)=NCc1ccccc1)C(N)=NCc1ccccc1. The highest BCUT2D eigenvalue weighted by Gasteiger charge is 2.27. The number of hydrogen-bond acceptors (Lipinski definition) is 4. The van der Waals surface area contributed by atoms with E-state index in [0.29, 0.717) is 24.8 Å². The van der Waals surface area contributed by atoms with Crippen LogP contribution in [0, 0.1) is 0 Å². The van der Waals surface area contributed by atoms with Crippen LogP contribution in [0.25, 0.3) is 0 Å². The molecule has 0 aliphatic heterocycles. The van der Waals surface area contributed by atoms with E-state index in [0.717, 1.165) is 11.1 Å². The Morgan fingerprint density at radius 3 is 1.29 bits per heavy atom. The zero-order valence-electron chi connectivity index (χ0n) is 17.1. The van der Waals surface area contributed by atoms with Crippen LogP contribution in [0.2, 0.25) is 0 Å². The highest BCUT2D eigenvalue weighted by molar-refractivity contribution is 5.90. The molecule has 0 aliphatic carbocycles. The fourth-order valence-corrected chi connectivity index (χ4v) is 2.26. The number of nitrogens with two attached hydrogens (primary N) is 2. The Hall–Kier alpha value is -3.02. The van der Waals surface area contributed by atoms with Gasteiger partial charge in [0.2, 0.25) is 0 Å². The van der Waals surface area contributed by atoms with Crippen LogP contribution in [0.1, 0.15) is 38.8 Å². The second-order valence-corrected chi connectivity index (χ2v) is 7.69. The van der Waals surface area contributed by atoms with Crippen molar-refractivity contribution >= 4 is 11.7 Å². The van der Waals surface area contributed by atoms with E-state index in [1.807, 2.05) is 88.4 Å². The summed E-state index contributed by atoms with van der Waals surface area (Å²) in [5, 5.41) is 8.85. The van der Waals surface area contributed by atoms with Gasteiger partial charge in [-0.1, -0.05) is 60.7 Å². The van der Waals surface area contributed by atoms with Gasteiger partial charge in [0.25, 0.3) is 0 Å². The largest absolute Gasteiger partial charge is 0.385 e. The molecular weight excluding hydrogens is 348 g/mol. The van der Waals surface area contributed by atoms with Gasteiger partial charge in [-0.15, -0.1) is 0 Å². The molecule has 0 aliphatic rings. The van der Waals surface area contributed by atoms with Crippen molar-refractivity contribution in [2.45, 2.75) is 51.9 Å². The van der Waals surface area contributed by atoms with Crippen LogP contribution in [0.5, 0.6) is 0 Å². The average molecular weight is 379 g/mol. The molecule has 0 radical (unpaired) electrons. The number of aliphatic imine (C=N–C) groups is 2. The summed E-state index contributed by atoms with van der Waals surface area (Å²) in [5.74, 6) is 0.853. The van der Waals surface area contributed by atoms with Gasteiger partial charge in [-0.2, -0.15) is 10.2 Å². The van der Waals surface area contributed by atoms with Crippen molar-refractivity contribution in [2.75, 3.05) is 0 Å². The molecule has 2 aromatic carbocycles. The molecule has 148 valence electrons. The summed E-state index contributed by atoms with van der Waals surface area (Å²) >= 11 is 0. The number of nitrogens with zero attached hydrogens (tertiary/aromatic N) is 4. The number of benzene rings is 2. The van der Waals surface area contributed by atoms with Crippen LogP contribution < -0.4 is 11.5 Å². The standard InChI is InChI=1S/C22H30N6/c1-21(2,19(23)25-15-17-11-7-5-8-12-17)27-28-22(3,4)20(24)26-16-18-13-9-6-10-14-18/h5-14H,15-16H2,1-4H3,(H2,23,25)(H2,24,26). The molecule has 0 aromatic heterocycles. The first-order valence-electron chi connectivity index (χ1n) is 9.33. The second-order valence-electron chi connectivity index (χ2n) is 7.69. The first kappa shape index (κ1) is 21.3. The van der Waals surface area contributed by atoms with E-state index in [9.17, 15) is 0 Å². The Balaban J connectivity index is 2.05. The highest BCUT2D eigenvalue weighted by atomic mass is 15.2. The third-order valence-corrected chi connectivity index (χ3v) is 4.35.